The van der Waals surface area contributed by atoms with Crippen LogP contribution >= 0.6 is 23.8 Å². The third kappa shape index (κ3) is 3.46. The van der Waals surface area contributed by atoms with Crippen molar-refractivity contribution in [2.45, 2.75) is 6.92 Å². The van der Waals surface area contributed by atoms with Crippen molar-refractivity contribution in [3.05, 3.63) is 47.5 Å². The van der Waals surface area contributed by atoms with Crippen LogP contribution in [0.15, 0.2) is 42.5 Å². The van der Waals surface area contributed by atoms with Crippen LogP contribution in [0.1, 0.15) is 6.92 Å². The second-order valence-electron chi connectivity index (χ2n) is 4.78. The van der Waals surface area contributed by atoms with Gasteiger partial charge in [0.1, 0.15) is 11.0 Å². The number of nitrogens with zero attached hydrogens (tertiary/aromatic N) is 3. The standard InChI is InChI=1S/C15H12ClN5OS/c1-9(22)17-15(23)18-12-8-14-13(7-11(12)16)19-21(20-14)10-5-3-2-4-6-10/h2-8H,1H3,(H2,17,18,22,23). The van der Waals surface area contributed by atoms with Crippen molar-refractivity contribution < 1.29 is 4.79 Å². The van der Waals surface area contributed by atoms with E-state index in [4.69, 9.17) is 23.8 Å². The van der Waals surface area contributed by atoms with Gasteiger partial charge in [-0.2, -0.15) is 4.80 Å². The van der Waals surface area contributed by atoms with Gasteiger partial charge in [0.05, 0.1) is 16.4 Å². The molecule has 1 heterocycles. The van der Waals surface area contributed by atoms with Crippen LogP contribution in [0.25, 0.3) is 16.7 Å². The van der Waals surface area contributed by atoms with E-state index in [1.54, 1.807) is 12.1 Å². The number of thiocarbonyl (C=S) groups is 1. The number of amides is 1. The molecule has 0 unspecified atom stereocenters. The molecule has 0 bridgehead atoms. The number of anilines is 1. The Morgan fingerprint density at radius 1 is 1.17 bits per heavy atom. The van der Waals surface area contributed by atoms with Gasteiger partial charge in [-0.05, 0) is 36.5 Å². The molecule has 0 atom stereocenters. The average Bonchev–Trinajstić information content (AvgIpc) is 2.90. The molecule has 0 fully saturated rings. The molecular formula is C15H12ClN5OS. The highest BCUT2D eigenvalue weighted by Gasteiger charge is 2.10. The van der Waals surface area contributed by atoms with E-state index in [9.17, 15) is 4.79 Å². The number of benzene rings is 2. The summed E-state index contributed by atoms with van der Waals surface area (Å²) in [7, 11) is 0. The minimum atomic E-state index is -0.255. The van der Waals surface area contributed by atoms with Crippen molar-refractivity contribution in [2.75, 3.05) is 5.32 Å². The lowest BCUT2D eigenvalue weighted by atomic mass is 10.3. The van der Waals surface area contributed by atoms with Crippen molar-refractivity contribution in [3.63, 3.8) is 0 Å². The van der Waals surface area contributed by atoms with Crippen molar-refractivity contribution in [2.24, 2.45) is 0 Å². The fourth-order valence-corrected chi connectivity index (χ4v) is 2.48. The summed E-state index contributed by atoms with van der Waals surface area (Å²) in [6, 6.07) is 13.0. The predicted molar refractivity (Wildman–Crippen MR) is 93.9 cm³/mol. The SMILES string of the molecule is CC(=O)NC(=S)Nc1cc2nn(-c3ccccc3)nc2cc1Cl. The monoisotopic (exact) mass is 345 g/mol. The Hall–Kier alpha value is -2.51. The molecule has 0 saturated heterocycles. The lowest BCUT2D eigenvalue weighted by molar-refractivity contribution is -0.117. The fraction of sp³-hybridized carbons (Fsp3) is 0.0667. The van der Waals surface area contributed by atoms with Crippen LogP contribution in [-0.4, -0.2) is 26.0 Å². The number of halogens is 1. The van der Waals surface area contributed by atoms with E-state index in [2.05, 4.69) is 20.8 Å². The second kappa shape index (κ2) is 6.31. The molecule has 0 aliphatic rings. The Kier molecular flexibility index (Phi) is 4.22. The molecule has 6 nitrogen and oxygen atoms in total. The molecule has 1 aromatic heterocycles. The summed E-state index contributed by atoms with van der Waals surface area (Å²) >= 11 is 11.3. The number of para-hydroxylation sites is 1. The number of nitrogens with one attached hydrogen (secondary N) is 2. The summed E-state index contributed by atoms with van der Waals surface area (Å²) in [5.74, 6) is -0.255. The molecule has 0 aliphatic heterocycles. The highest BCUT2D eigenvalue weighted by molar-refractivity contribution is 7.80. The van der Waals surface area contributed by atoms with E-state index in [0.717, 1.165) is 5.69 Å². The smallest absolute Gasteiger partial charge is 0.222 e. The number of hydrogen-bond acceptors (Lipinski definition) is 4. The Bertz CT molecular complexity index is 894. The summed E-state index contributed by atoms with van der Waals surface area (Å²) in [6.07, 6.45) is 0. The van der Waals surface area contributed by atoms with Gasteiger partial charge >= 0.3 is 0 Å². The Balaban J connectivity index is 1.95. The Morgan fingerprint density at radius 2 is 1.83 bits per heavy atom. The van der Waals surface area contributed by atoms with Gasteiger partial charge in [0.25, 0.3) is 0 Å². The minimum Gasteiger partial charge on any atom is -0.331 e. The zero-order chi connectivity index (χ0) is 16.4. The summed E-state index contributed by atoms with van der Waals surface area (Å²) in [6.45, 7) is 1.38. The van der Waals surface area contributed by atoms with E-state index < -0.39 is 0 Å². The lowest BCUT2D eigenvalue weighted by Gasteiger charge is -2.09. The molecular weight excluding hydrogens is 334 g/mol. The van der Waals surface area contributed by atoms with Crippen LogP contribution in [0.5, 0.6) is 0 Å². The molecule has 0 radical (unpaired) electrons. The van der Waals surface area contributed by atoms with Gasteiger partial charge in [-0.3, -0.25) is 4.79 Å². The molecule has 2 N–H and O–H groups in total. The lowest BCUT2D eigenvalue weighted by Crippen LogP contribution is -2.32. The Morgan fingerprint density at radius 3 is 2.48 bits per heavy atom. The molecule has 0 spiro atoms. The molecule has 0 aliphatic carbocycles. The van der Waals surface area contributed by atoms with Gasteiger partial charge in [-0.1, -0.05) is 29.8 Å². The van der Waals surface area contributed by atoms with Crippen molar-refractivity contribution >= 4 is 51.6 Å². The van der Waals surface area contributed by atoms with Gasteiger partial charge in [-0.15, -0.1) is 10.2 Å². The first-order valence-electron chi connectivity index (χ1n) is 6.73. The highest BCUT2D eigenvalue weighted by Crippen LogP contribution is 2.26. The van der Waals surface area contributed by atoms with Gasteiger partial charge < -0.3 is 10.6 Å². The van der Waals surface area contributed by atoms with E-state index in [-0.39, 0.29) is 11.0 Å². The molecule has 8 heteroatoms. The normalized spacial score (nSPS) is 10.5. The Labute approximate surface area is 142 Å². The summed E-state index contributed by atoms with van der Waals surface area (Å²) < 4.78 is 0. The van der Waals surface area contributed by atoms with Crippen LogP contribution in [0.2, 0.25) is 5.02 Å². The van der Waals surface area contributed by atoms with E-state index in [1.807, 2.05) is 30.3 Å². The molecule has 2 aromatic carbocycles. The van der Waals surface area contributed by atoms with Crippen molar-refractivity contribution in [1.82, 2.24) is 20.3 Å². The van der Waals surface area contributed by atoms with Gasteiger partial charge in [-0.25, -0.2) is 0 Å². The van der Waals surface area contributed by atoms with Crippen LogP contribution in [-0.2, 0) is 4.79 Å². The highest BCUT2D eigenvalue weighted by atomic mass is 35.5. The minimum absolute atomic E-state index is 0.175. The average molecular weight is 346 g/mol. The number of fused-ring (bicyclic) bond motifs is 1. The third-order valence-corrected chi connectivity index (χ3v) is 3.51. The van der Waals surface area contributed by atoms with Gasteiger partial charge in [0, 0.05) is 6.92 Å². The van der Waals surface area contributed by atoms with Crippen LogP contribution in [0, 0.1) is 0 Å². The number of rotatable bonds is 2. The third-order valence-electron chi connectivity index (χ3n) is 2.99. The molecule has 3 rings (SSSR count). The van der Waals surface area contributed by atoms with E-state index in [0.29, 0.717) is 21.7 Å². The maximum atomic E-state index is 11.0. The molecule has 3 aromatic rings. The van der Waals surface area contributed by atoms with Crippen LogP contribution < -0.4 is 10.6 Å². The zero-order valence-electron chi connectivity index (χ0n) is 12.1. The first-order chi connectivity index (χ1) is 11.0. The second-order valence-corrected chi connectivity index (χ2v) is 5.60. The van der Waals surface area contributed by atoms with Crippen molar-refractivity contribution in [3.8, 4) is 5.69 Å². The summed E-state index contributed by atoms with van der Waals surface area (Å²) in [5, 5.41) is 14.8. The molecule has 1 amide bonds. The summed E-state index contributed by atoms with van der Waals surface area (Å²) in [5.41, 5.74) is 2.72. The number of carbonyl (C=O) groups is 1. The summed E-state index contributed by atoms with van der Waals surface area (Å²) in [4.78, 5) is 12.5. The molecule has 116 valence electrons. The number of hydrogen-bond donors (Lipinski definition) is 2. The molecule has 0 saturated carbocycles. The number of carbonyl (C=O) groups excluding carboxylic acids is 1. The van der Waals surface area contributed by atoms with E-state index >= 15 is 0 Å². The number of aromatic nitrogens is 3. The maximum absolute atomic E-state index is 11.0. The maximum Gasteiger partial charge on any atom is 0.222 e. The molecule has 23 heavy (non-hydrogen) atoms. The van der Waals surface area contributed by atoms with Crippen molar-refractivity contribution in [1.29, 1.82) is 0 Å². The quantitative estimate of drug-likeness (QED) is 0.699. The topological polar surface area (TPSA) is 71.8 Å². The predicted octanol–water partition coefficient (Wildman–Crippen LogP) is 2.91. The fourth-order valence-electron chi connectivity index (χ4n) is 2.02. The van der Waals surface area contributed by atoms with Gasteiger partial charge in [0.15, 0.2) is 5.11 Å². The first kappa shape index (κ1) is 15.4. The van der Waals surface area contributed by atoms with Gasteiger partial charge in [0.2, 0.25) is 5.91 Å². The van der Waals surface area contributed by atoms with Crippen LogP contribution in [0.3, 0.4) is 0 Å². The first-order valence-corrected chi connectivity index (χ1v) is 7.52. The van der Waals surface area contributed by atoms with Crippen LogP contribution in [0.4, 0.5) is 5.69 Å². The van der Waals surface area contributed by atoms with E-state index in [1.165, 1.54) is 11.7 Å². The largest absolute Gasteiger partial charge is 0.331 e. The zero-order valence-corrected chi connectivity index (χ0v) is 13.6.